The van der Waals surface area contributed by atoms with Crippen molar-refractivity contribution in [2.45, 2.75) is 76.7 Å². The fourth-order valence-electron chi connectivity index (χ4n) is 7.95. The van der Waals surface area contributed by atoms with E-state index in [1.165, 1.54) is 27.7 Å². The summed E-state index contributed by atoms with van der Waals surface area (Å²) in [4.78, 5) is 73.3. The van der Waals surface area contributed by atoms with E-state index in [0.29, 0.717) is 18.9 Å². The fraction of sp³-hybridized carbons (Fsp3) is 0.429. The number of likely N-dealkylation sites (tertiary alicyclic amines) is 2. The number of benzene rings is 3. The highest BCUT2D eigenvalue weighted by atomic mass is 17.2. The van der Waals surface area contributed by atoms with Gasteiger partial charge < -0.3 is 39.4 Å². The van der Waals surface area contributed by atoms with Crippen molar-refractivity contribution in [1.29, 1.82) is 0 Å². The smallest absolute Gasteiger partial charge is 0.407 e. The molecular weight excluding hydrogens is 729 g/mol. The zero-order valence-electron chi connectivity index (χ0n) is 33.2. The number of alkyl carbamates (subject to hydrolysis) is 1. The number of aromatic nitrogens is 4. The molecule has 15 nitrogen and oxygen atoms in total. The van der Waals surface area contributed by atoms with Crippen LogP contribution in [0.5, 0.6) is 0 Å². The Kier molecular flexibility index (Phi) is 11.9. The van der Waals surface area contributed by atoms with E-state index in [1.807, 2.05) is 24.8 Å². The minimum atomic E-state index is -0.895. The van der Waals surface area contributed by atoms with Crippen molar-refractivity contribution < 1.29 is 33.6 Å². The topological polar surface area (TPSA) is 176 Å². The van der Waals surface area contributed by atoms with Gasteiger partial charge in [0.25, 0.3) is 0 Å². The van der Waals surface area contributed by atoms with Gasteiger partial charge in [0.05, 0.1) is 55.3 Å². The average molecular weight is 779 g/mol. The van der Waals surface area contributed by atoms with Crippen LogP contribution in [-0.4, -0.2) is 107 Å². The lowest BCUT2D eigenvalue weighted by Gasteiger charge is -2.30. The first-order valence-corrected chi connectivity index (χ1v) is 19.4. The van der Waals surface area contributed by atoms with Crippen LogP contribution in [0.3, 0.4) is 0 Å². The predicted molar refractivity (Wildman–Crippen MR) is 215 cm³/mol. The van der Waals surface area contributed by atoms with Gasteiger partial charge in [-0.05, 0) is 84.7 Å². The molecule has 2 saturated heterocycles. The second kappa shape index (κ2) is 17.1. The zero-order valence-corrected chi connectivity index (χ0v) is 33.2. The van der Waals surface area contributed by atoms with Crippen LogP contribution in [0.2, 0.25) is 0 Å². The van der Waals surface area contributed by atoms with Crippen LogP contribution in [0.25, 0.3) is 44.2 Å². The number of carbonyl (C=O) groups is 3. The first-order valence-electron chi connectivity index (χ1n) is 19.4. The number of carbonyl (C=O) groups excluding carboxylic acids is 3. The summed E-state index contributed by atoms with van der Waals surface area (Å²) in [5.74, 6) is 1.15. The number of imidazole rings is 2. The summed E-state index contributed by atoms with van der Waals surface area (Å²) in [5, 5.41) is 4.79. The minimum Gasteiger partial charge on any atom is -0.453 e. The largest absolute Gasteiger partial charge is 0.453 e. The highest BCUT2D eigenvalue weighted by molar-refractivity contribution is 5.92. The van der Waals surface area contributed by atoms with Gasteiger partial charge in [-0.2, -0.15) is 4.89 Å². The normalized spacial score (nSPS) is 18.8. The highest BCUT2D eigenvalue weighted by Crippen LogP contribution is 2.36. The molecule has 5 aromatic rings. The molecule has 5 atom stereocenters. The van der Waals surface area contributed by atoms with Crippen LogP contribution >= 0.6 is 0 Å². The number of ether oxygens (including phenoxy) is 2. The monoisotopic (exact) mass is 778 g/mol. The molecule has 7 rings (SSSR count). The molecule has 4 heterocycles. The van der Waals surface area contributed by atoms with Gasteiger partial charge in [0.15, 0.2) is 0 Å². The number of aliphatic imine (C=N–C) groups is 1. The Balaban J connectivity index is 1.07. The molecule has 57 heavy (non-hydrogen) atoms. The Labute approximate surface area is 331 Å². The van der Waals surface area contributed by atoms with Crippen molar-refractivity contribution >= 4 is 46.1 Å². The number of H-pyrrole nitrogens is 2. The molecule has 15 heteroatoms. The number of nitrogens with one attached hydrogen (secondary N) is 3. The Morgan fingerprint density at radius 3 is 2.18 bits per heavy atom. The lowest BCUT2D eigenvalue weighted by molar-refractivity contribution is -0.188. The van der Waals surface area contributed by atoms with Gasteiger partial charge in [-0.3, -0.25) is 9.59 Å². The van der Waals surface area contributed by atoms with E-state index < -0.39 is 24.3 Å². The number of methoxy groups -OCH3 is 2. The number of rotatable bonds is 13. The van der Waals surface area contributed by atoms with Crippen molar-refractivity contribution in [3.05, 3.63) is 72.4 Å². The third-order valence-corrected chi connectivity index (χ3v) is 11.1. The van der Waals surface area contributed by atoms with Gasteiger partial charge >= 0.3 is 6.09 Å². The molecule has 2 fully saturated rings. The van der Waals surface area contributed by atoms with Crippen LogP contribution in [0, 0.1) is 5.92 Å². The number of nitrogens with zero attached hydrogens (tertiary/aromatic N) is 5. The Morgan fingerprint density at radius 1 is 0.842 bits per heavy atom. The van der Waals surface area contributed by atoms with Crippen molar-refractivity contribution in [1.82, 2.24) is 35.1 Å². The van der Waals surface area contributed by atoms with E-state index in [2.05, 4.69) is 73.7 Å². The highest BCUT2D eigenvalue weighted by Gasteiger charge is 2.39. The van der Waals surface area contributed by atoms with E-state index in [9.17, 15) is 14.4 Å². The number of fused-ring (bicyclic) bond motifs is 2. The summed E-state index contributed by atoms with van der Waals surface area (Å²) >= 11 is 0. The number of amides is 3. The van der Waals surface area contributed by atoms with Crippen LogP contribution in [0.4, 0.5) is 4.79 Å². The van der Waals surface area contributed by atoms with Gasteiger partial charge in [0, 0.05) is 25.8 Å². The van der Waals surface area contributed by atoms with Crippen LogP contribution in [0.1, 0.15) is 70.2 Å². The predicted octanol–water partition coefficient (Wildman–Crippen LogP) is 6.49. The lowest BCUT2D eigenvalue weighted by atomic mass is 9.99. The van der Waals surface area contributed by atoms with Crippen molar-refractivity contribution in [3.63, 3.8) is 0 Å². The zero-order chi connectivity index (χ0) is 40.2. The van der Waals surface area contributed by atoms with Crippen LogP contribution in [0.15, 0.2) is 65.8 Å². The maximum atomic E-state index is 13.7. The van der Waals surface area contributed by atoms with Gasteiger partial charge in [0.1, 0.15) is 23.7 Å². The fourth-order valence-corrected chi connectivity index (χ4v) is 7.95. The molecule has 2 aliphatic rings. The lowest BCUT2D eigenvalue weighted by Crippen LogP contribution is -2.54. The van der Waals surface area contributed by atoms with Gasteiger partial charge in [-0.1, -0.05) is 44.2 Å². The van der Waals surface area contributed by atoms with E-state index in [0.717, 1.165) is 75.7 Å². The second-order valence-corrected chi connectivity index (χ2v) is 15.0. The minimum absolute atomic E-state index is 0.0172. The quantitative estimate of drug-likeness (QED) is 0.0522. The van der Waals surface area contributed by atoms with Crippen LogP contribution in [-0.2, 0) is 28.8 Å². The molecule has 3 amide bonds. The maximum absolute atomic E-state index is 13.7. The first-order chi connectivity index (χ1) is 27.6. The van der Waals surface area contributed by atoms with Crippen LogP contribution < -0.4 is 5.32 Å². The summed E-state index contributed by atoms with van der Waals surface area (Å²) in [6.07, 6.45) is 5.00. The molecule has 2 aliphatic heterocycles. The maximum Gasteiger partial charge on any atom is 0.407 e. The van der Waals surface area contributed by atoms with Crippen molar-refractivity contribution in [3.8, 4) is 22.4 Å². The molecule has 0 saturated carbocycles. The van der Waals surface area contributed by atoms with Gasteiger partial charge in [-0.25, -0.2) is 19.8 Å². The Bertz CT molecular complexity index is 2270. The van der Waals surface area contributed by atoms with E-state index in [-0.39, 0.29) is 29.8 Å². The summed E-state index contributed by atoms with van der Waals surface area (Å²) in [7, 11) is 4.16. The SMILES string of the molecule is COOC=N[C@H](C(=O)N1CCC[C@H]1c1nc2ccc(-c3ccc4cc(-c5cnc([C@@H]6CCCN6C(=O)[C@@H](NC(=O)OC)[C@@H](C)OC)[nH]5)ccc4c3)cc2[nH]1)C(C)C. The van der Waals surface area contributed by atoms with Gasteiger partial charge in [-0.15, -0.1) is 0 Å². The summed E-state index contributed by atoms with van der Waals surface area (Å²) in [5.41, 5.74) is 5.69. The molecule has 0 spiro atoms. The molecule has 2 aromatic heterocycles. The summed E-state index contributed by atoms with van der Waals surface area (Å²) < 4.78 is 10.2. The first kappa shape index (κ1) is 39.4. The molecular formula is C42H50N8O7. The molecule has 3 N–H and O–H groups in total. The third-order valence-electron chi connectivity index (χ3n) is 11.1. The molecule has 300 valence electrons. The van der Waals surface area contributed by atoms with Crippen molar-refractivity contribution in [2.75, 3.05) is 34.4 Å². The molecule has 3 aromatic carbocycles. The third kappa shape index (κ3) is 8.21. The van der Waals surface area contributed by atoms with E-state index in [4.69, 9.17) is 24.3 Å². The van der Waals surface area contributed by atoms with E-state index >= 15 is 0 Å². The molecule has 0 bridgehead atoms. The average Bonchev–Trinajstić information content (AvgIpc) is 4.06. The molecule has 0 radical (unpaired) electrons. The Morgan fingerprint density at radius 2 is 1.49 bits per heavy atom. The number of hydrogen-bond acceptors (Lipinski definition) is 10. The molecule has 0 unspecified atom stereocenters. The second-order valence-electron chi connectivity index (χ2n) is 15.0. The summed E-state index contributed by atoms with van der Waals surface area (Å²) in [6, 6.07) is 17.0. The standard InChI is InChI=1S/C42H50N8O7/c1-24(2)36(44-23-57-56-6)40(51)50-18-8-10-35(50)39-45-31-16-15-29(21-32(31)46-39)27-11-12-28-20-30(14-13-26(28)19-27)33-22-43-38(47-33)34-9-7-17-49(34)41(52)37(25(3)54-4)48-42(53)55-5/h11-16,19-25,34-37H,7-10,17-18H2,1-6H3,(H,43,47)(H,45,46)(H,48,53)/t25-,34+,35+,36+,37+/m1/s1. The number of aromatic amines is 2. The Hall–Kier alpha value is -5.80. The van der Waals surface area contributed by atoms with Crippen molar-refractivity contribution in [2.24, 2.45) is 10.9 Å². The van der Waals surface area contributed by atoms with E-state index in [1.54, 1.807) is 18.0 Å². The number of hydrogen-bond donors (Lipinski definition) is 3. The summed E-state index contributed by atoms with van der Waals surface area (Å²) in [6.45, 7) is 6.86. The molecule has 0 aliphatic carbocycles. The van der Waals surface area contributed by atoms with Gasteiger partial charge in [0.2, 0.25) is 18.2 Å².